The summed E-state index contributed by atoms with van der Waals surface area (Å²) in [5.74, 6) is 0.579. The lowest BCUT2D eigenvalue weighted by Crippen LogP contribution is -2.17. The molecule has 2 aromatic rings. The van der Waals surface area contributed by atoms with Crippen molar-refractivity contribution in [3.05, 3.63) is 40.9 Å². The molecule has 2 rings (SSSR count). The number of aromatic nitrogens is 1. The zero-order valence-corrected chi connectivity index (χ0v) is 13.1. The minimum absolute atomic E-state index is 0.204. The fraction of sp³-hybridized carbons (Fsp3) is 0.333. The maximum Gasteiger partial charge on any atom is 0.311 e. The topological polar surface area (TPSA) is 51.7 Å². The molecule has 0 bridgehead atoms. The van der Waals surface area contributed by atoms with E-state index >= 15 is 0 Å². The van der Waals surface area contributed by atoms with Gasteiger partial charge in [-0.05, 0) is 6.07 Å². The highest BCUT2D eigenvalue weighted by Crippen LogP contribution is 2.24. The van der Waals surface area contributed by atoms with Crippen LogP contribution in [0, 0.1) is 0 Å². The van der Waals surface area contributed by atoms with Crippen molar-refractivity contribution >= 4 is 22.4 Å². The first-order chi connectivity index (χ1) is 10.1. The van der Waals surface area contributed by atoms with Crippen molar-refractivity contribution < 1.29 is 14.3 Å². The summed E-state index contributed by atoms with van der Waals surface area (Å²) in [6, 6.07) is 7.89. The van der Waals surface area contributed by atoms with E-state index in [2.05, 4.69) is 9.72 Å². The highest BCUT2D eigenvalue weighted by molar-refractivity contribution is 7.13. The van der Waals surface area contributed by atoms with Gasteiger partial charge in [-0.3, -0.25) is 4.79 Å². The number of benzene rings is 1. The van der Waals surface area contributed by atoms with Gasteiger partial charge in [-0.1, -0.05) is 18.2 Å². The smallest absolute Gasteiger partial charge is 0.311 e. The first-order valence-corrected chi connectivity index (χ1v) is 7.36. The van der Waals surface area contributed by atoms with Crippen molar-refractivity contribution in [2.45, 2.75) is 13.0 Å². The molecule has 0 fully saturated rings. The second-order valence-corrected chi connectivity index (χ2v) is 5.38. The van der Waals surface area contributed by atoms with Gasteiger partial charge in [-0.15, -0.1) is 11.3 Å². The van der Waals surface area contributed by atoms with E-state index < -0.39 is 0 Å². The fourth-order valence-corrected chi connectivity index (χ4v) is 2.72. The Morgan fingerprint density at radius 2 is 2.10 bits per heavy atom. The number of hydrogen-bond donors (Lipinski definition) is 0. The minimum Gasteiger partial charge on any atom is -0.496 e. The Hall–Kier alpha value is -2.08. The van der Waals surface area contributed by atoms with Crippen LogP contribution < -0.4 is 9.64 Å². The van der Waals surface area contributed by atoms with Crippen LogP contribution in [-0.2, 0) is 22.5 Å². The van der Waals surface area contributed by atoms with Gasteiger partial charge in [-0.25, -0.2) is 4.98 Å². The van der Waals surface area contributed by atoms with Crippen LogP contribution in [0.2, 0.25) is 0 Å². The van der Waals surface area contributed by atoms with E-state index in [0.29, 0.717) is 6.54 Å². The van der Waals surface area contributed by atoms with E-state index in [0.717, 1.165) is 22.1 Å². The maximum atomic E-state index is 11.2. The van der Waals surface area contributed by atoms with E-state index in [-0.39, 0.29) is 12.4 Å². The van der Waals surface area contributed by atoms with Gasteiger partial charge in [0.05, 0.1) is 26.3 Å². The zero-order chi connectivity index (χ0) is 15.2. The molecule has 0 amide bonds. The number of carbonyl (C=O) groups excluding carboxylic acids is 1. The summed E-state index contributed by atoms with van der Waals surface area (Å²) >= 11 is 1.51. The molecular formula is C15H18N2O3S. The third-order valence-electron chi connectivity index (χ3n) is 3.02. The molecule has 0 saturated carbocycles. The predicted octanol–water partition coefficient (Wildman–Crippen LogP) is 2.50. The van der Waals surface area contributed by atoms with Crippen LogP contribution in [0.25, 0.3) is 0 Å². The van der Waals surface area contributed by atoms with E-state index in [9.17, 15) is 4.79 Å². The summed E-state index contributed by atoms with van der Waals surface area (Å²) in [4.78, 5) is 17.7. The summed E-state index contributed by atoms with van der Waals surface area (Å²) in [7, 11) is 5.01. The summed E-state index contributed by atoms with van der Waals surface area (Å²) in [6.45, 7) is 0.690. The number of esters is 1. The molecule has 0 unspecified atom stereocenters. The molecular weight excluding hydrogens is 288 g/mol. The molecule has 112 valence electrons. The molecule has 0 spiro atoms. The van der Waals surface area contributed by atoms with Crippen molar-refractivity contribution in [3.63, 3.8) is 0 Å². The molecule has 0 aliphatic heterocycles. The van der Waals surface area contributed by atoms with Crippen molar-refractivity contribution in [3.8, 4) is 5.75 Å². The van der Waals surface area contributed by atoms with Gasteiger partial charge in [0.2, 0.25) is 0 Å². The summed E-state index contributed by atoms with van der Waals surface area (Å²) in [5.41, 5.74) is 1.82. The van der Waals surface area contributed by atoms with Gasteiger partial charge in [0.15, 0.2) is 5.13 Å². The average Bonchev–Trinajstić information content (AvgIpc) is 2.96. The highest BCUT2D eigenvalue weighted by atomic mass is 32.1. The average molecular weight is 306 g/mol. The van der Waals surface area contributed by atoms with Gasteiger partial charge >= 0.3 is 5.97 Å². The summed E-state index contributed by atoms with van der Waals surface area (Å²) < 4.78 is 9.99. The van der Waals surface area contributed by atoms with Gasteiger partial charge in [0.1, 0.15) is 5.75 Å². The van der Waals surface area contributed by atoms with E-state index in [1.807, 2.05) is 41.6 Å². The molecule has 5 nitrogen and oxygen atoms in total. The lowest BCUT2D eigenvalue weighted by molar-refractivity contribution is -0.139. The standard InChI is InChI=1S/C15H18N2O3S/c1-17(9-11-6-4-5-7-13(11)19-2)15-16-12(10-21-15)8-14(18)20-3/h4-7,10H,8-9H2,1-3H3. The Balaban J connectivity index is 2.06. The largest absolute Gasteiger partial charge is 0.496 e. The van der Waals surface area contributed by atoms with Crippen LogP contribution in [-0.4, -0.2) is 32.2 Å². The maximum absolute atomic E-state index is 11.2. The van der Waals surface area contributed by atoms with Crippen LogP contribution in [0.5, 0.6) is 5.75 Å². The number of para-hydroxylation sites is 1. The van der Waals surface area contributed by atoms with Crippen molar-refractivity contribution in [2.24, 2.45) is 0 Å². The van der Waals surface area contributed by atoms with Crippen molar-refractivity contribution in [2.75, 3.05) is 26.2 Å². The number of thiazole rings is 1. The molecule has 0 atom stereocenters. The van der Waals surface area contributed by atoms with Crippen LogP contribution in [0.15, 0.2) is 29.6 Å². The lowest BCUT2D eigenvalue weighted by atomic mass is 10.2. The Morgan fingerprint density at radius 1 is 1.33 bits per heavy atom. The SMILES string of the molecule is COC(=O)Cc1csc(N(C)Cc2ccccc2OC)n1. The summed E-state index contributed by atoms with van der Waals surface area (Å²) in [6.07, 6.45) is 0.204. The van der Waals surface area contributed by atoms with Gasteiger partial charge in [-0.2, -0.15) is 0 Å². The number of nitrogens with zero attached hydrogens (tertiary/aromatic N) is 2. The molecule has 0 N–H and O–H groups in total. The number of hydrogen-bond acceptors (Lipinski definition) is 6. The quantitative estimate of drug-likeness (QED) is 0.768. The molecule has 0 aliphatic rings. The molecule has 1 aromatic heterocycles. The van der Waals surface area contributed by atoms with Gasteiger partial charge in [0.25, 0.3) is 0 Å². The van der Waals surface area contributed by atoms with Gasteiger partial charge in [0, 0.05) is 24.5 Å². The van der Waals surface area contributed by atoms with Crippen LogP contribution in [0.4, 0.5) is 5.13 Å². The summed E-state index contributed by atoms with van der Waals surface area (Å²) in [5, 5.41) is 2.74. The van der Waals surface area contributed by atoms with Crippen molar-refractivity contribution in [1.82, 2.24) is 4.98 Å². The number of anilines is 1. The first kappa shape index (κ1) is 15.3. The third-order valence-corrected chi connectivity index (χ3v) is 4.02. The predicted molar refractivity (Wildman–Crippen MR) is 82.9 cm³/mol. The van der Waals surface area contributed by atoms with Crippen LogP contribution in [0.1, 0.15) is 11.3 Å². The molecule has 0 radical (unpaired) electrons. The number of methoxy groups -OCH3 is 2. The normalized spacial score (nSPS) is 10.2. The molecule has 1 heterocycles. The van der Waals surface area contributed by atoms with Gasteiger partial charge < -0.3 is 14.4 Å². The van der Waals surface area contributed by atoms with E-state index in [1.54, 1.807) is 7.11 Å². The first-order valence-electron chi connectivity index (χ1n) is 6.48. The third kappa shape index (κ3) is 3.95. The number of rotatable bonds is 6. The Bertz CT molecular complexity index is 612. The highest BCUT2D eigenvalue weighted by Gasteiger charge is 2.12. The molecule has 1 aromatic carbocycles. The zero-order valence-electron chi connectivity index (χ0n) is 12.3. The molecule has 0 saturated heterocycles. The molecule has 0 aliphatic carbocycles. The second kappa shape index (κ2) is 7.08. The van der Waals surface area contributed by atoms with Crippen LogP contribution >= 0.6 is 11.3 Å². The van der Waals surface area contributed by atoms with E-state index in [1.165, 1.54) is 18.4 Å². The lowest BCUT2D eigenvalue weighted by Gasteiger charge is -2.17. The minimum atomic E-state index is -0.278. The van der Waals surface area contributed by atoms with Crippen molar-refractivity contribution in [1.29, 1.82) is 0 Å². The second-order valence-electron chi connectivity index (χ2n) is 4.54. The van der Waals surface area contributed by atoms with E-state index in [4.69, 9.17) is 4.74 Å². The molecule has 21 heavy (non-hydrogen) atoms. The van der Waals surface area contributed by atoms with Crippen LogP contribution in [0.3, 0.4) is 0 Å². The Morgan fingerprint density at radius 3 is 2.81 bits per heavy atom. The fourth-order valence-electron chi connectivity index (χ4n) is 1.93. The Kier molecular flexibility index (Phi) is 5.16. The molecule has 6 heteroatoms. The number of ether oxygens (including phenoxy) is 2. The monoisotopic (exact) mass is 306 g/mol. The Labute approximate surface area is 128 Å². The number of carbonyl (C=O) groups is 1.